The molecule has 124 valence electrons. The van der Waals surface area contributed by atoms with Gasteiger partial charge in [0.15, 0.2) is 0 Å². The summed E-state index contributed by atoms with van der Waals surface area (Å²) >= 11 is 12.3. The third-order valence-electron chi connectivity index (χ3n) is 3.66. The molecule has 0 bridgehead atoms. The average molecular weight is 368 g/mol. The topological polar surface area (TPSA) is 80.6 Å². The van der Waals surface area contributed by atoms with Gasteiger partial charge < -0.3 is 15.2 Å². The molecule has 0 spiro atoms. The number of fused-ring (bicyclic) bond motifs is 1. The number of carbonyl (C=O) groups is 1. The maximum absolute atomic E-state index is 13.4. The molecule has 3 rings (SSSR count). The van der Waals surface area contributed by atoms with Gasteiger partial charge in [-0.15, -0.1) is 0 Å². The molecule has 3 aromatic rings. The fourth-order valence-electron chi connectivity index (χ4n) is 2.54. The van der Waals surface area contributed by atoms with E-state index in [4.69, 9.17) is 34.0 Å². The van der Waals surface area contributed by atoms with Gasteiger partial charge in [0.1, 0.15) is 17.5 Å². The van der Waals surface area contributed by atoms with Crippen LogP contribution in [0.15, 0.2) is 36.7 Å². The van der Waals surface area contributed by atoms with Crippen molar-refractivity contribution in [1.29, 1.82) is 0 Å². The van der Waals surface area contributed by atoms with Gasteiger partial charge in [0, 0.05) is 35.6 Å². The molecular formula is C16H12Cl2FN3O2. The van der Waals surface area contributed by atoms with E-state index in [1.807, 2.05) is 0 Å². The lowest BCUT2D eigenvalue weighted by Crippen LogP contribution is -2.32. The smallest absolute Gasteiger partial charge is 0.320 e. The third kappa shape index (κ3) is 2.96. The van der Waals surface area contributed by atoms with Crippen molar-refractivity contribution in [2.75, 3.05) is 0 Å². The van der Waals surface area contributed by atoms with E-state index < -0.39 is 17.8 Å². The van der Waals surface area contributed by atoms with Crippen molar-refractivity contribution in [3.05, 3.63) is 58.2 Å². The van der Waals surface area contributed by atoms with E-state index in [1.54, 1.807) is 28.9 Å². The Kier molecular flexibility index (Phi) is 4.45. The number of benzene rings is 1. The third-order valence-corrected chi connectivity index (χ3v) is 4.25. The summed E-state index contributed by atoms with van der Waals surface area (Å²) in [5, 5.41) is 9.31. The maximum Gasteiger partial charge on any atom is 0.320 e. The van der Waals surface area contributed by atoms with E-state index in [0.29, 0.717) is 22.5 Å². The van der Waals surface area contributed by atoms with Gasteiger partial charge in [-0.25, -0.2) is 9.37 Å². The molecule has 0 amide bonds. The normalized spacial score (nSPS) is 12.5. The number of carboxylic acid groups (broad SMARTS) is 1. The van der Waals surface area contributed by atoms with Crippen molar-refractivity contribution in [1.82, 2.24) is 9.38 Å². The molecule has 0 saturated carbocycles. The number of aliphatic carboxylic acids is 1. The van der Waals surface area contributed by atoms with Crippen LogP contribution in [0.1, 0.15) is 5.69 Å². The van der Waals surface area contributed by atoms with Gasteiger partial charge in [0.05, 0.1) is 10.0 Å². The molecule has 0 aliphatic heterocycles. The first-order valence-corrected chi connectivity index (χ1v) is 7.72. The van der Waals surface area contributed by atoms with Gasteiger partial charge >= 0.3 is 5.97 Å². The van der Waals surface area contributed by atoms with Crippen LogP contribution in [-0.4, -0.2) is 26.5 Å². The van der Waals surface area contributed by atoms with Crippen molar-refractivity contribution < 1.29 is 14.3 Å². The van der Waals surface area contributed by atoms with Crippen molar-refractivity contribution >= 4 is 34.8 Å². The van der Waals surface area contributed by atoms with Gasteiger partial charge in [-0.2, -0.15) is 0 Å². The van der Waals surface area contributed by atoms with Crippen molar-refractivity contribution in [3.8, 4) is 11.1 Å². The van der Waals surface area contributed by atoms with Crippen molar-refractivity contribution in [3.63, 3.8) is 0 Å². The first-order chi connectivity index (χ1) is 11.4. The molecule has 1 aromatic carbocycles. The van der Waals surface area contributed by atoms with Gasteiger partial charge in [0.25, 0.3) is 0 Å². The minimum absolute atomic E-state index is 0.132. The zero-order chi connectivity index (χ0) is 17.4. The van der Waals surface area contributed by atoms with Crippen LogP contribution >= 0.6 is 23.2 Å². The number of hydrogen-bond acceptors (Lipinski definition) is 3. The molecule has 0 fully saturated rings. The van der Waals surface area contributed by atoms with E-state index in [1.165, 1.54) is 12.1 Å². The molecule has 2 aromatic heterocycles. The molecule has 1 atom stereocenters. The predicted molar refractivity (Wildman–Crippen MR) is 89.9 cm³/mol. The van der Waals surface area contributed by atoms with Crippen LogP contribution in [0, 0.1) is 5.82 Å². The predicted octanol–water partition coefficient (Wildman–Crippen LogP) is 3.40. The zero-order valence-electron chi connectivity index (χ0n) is 12.2. The molecule has 0 aliphatic rings. The number of nitrogens with two attached hydrogens (primary N) is 1. The Balaban J connectivity index is 2.16. The highest BCUT2D eigenvalue weighted by atomic mass is 35.5. The number of halogens is 3. The standard InChI is InChI=1S/C16H12Cl2FN3O2/c17-11-5-8(19)6-12(18)14(11)10-2-1-9(7-13(20)16(23)24)22-4-3-21-15(10)22/h1-6,13H,7,20H2,(H,23,24)/t13-/m0/s1. The molecule has 3 N–H and O–H groups in total. The van der Waals surface area contributed by atoms with Crippen LogP contribution in [0.5, 0.6) is 0 Å². The molecular weight excluding hydrogens is 356 g/mol. The lowest BCUT2D eigenvalue weighted by atomic mass is 10.0. The second-order valence-electron chi connectivity index (χ2n) is 5.25. The fraction of sp³-hybridized carbons (Fsp3) is 0.125. The zero-order valence-corrected chi connectivity index (χ0v) is 13.7. The summed E-state index contributed by atoms with van der Waals surface area (Å²) in [4.78, 5) is 15.2. The van der Waals surface area contributed by atoms with Crippen LogP contribution in [0.3, 0.4) is 0 Å². The van der Waals surface area contributed by atoms with E-state index >= 15 is 0 Å². The molecule has 24 heavy (non-hydrogen) atoms. The number of hydrogen-bond donors (Lipinski definition) is 2. The summed E-state index contributed by atoms with van der Waals surface area (Å²) in [5.74, 6) is -1.62. The van der Waals surface area contributed by atoms with Gasteiger partial charge in [-0.1, -0.05) is 23.2 Å². The number of pyridine rings is 1. The Morgan fingerprint density at radius 2 is 2.00 bits per heavy atom. The van der Waals surface area contributed by atoms with E-state index in [-0.39, 0.29) is 16.5 Å². The van der Waals surface area contributed by atoms with Crippen LogP contribution in [-0.2, 0) is 11.2 Å². The monoisotopic (exact) mass is 367 g/mol. The molecule has 0 unspecified atom stereocenters. The summed E-state index contributed by atoms with van der Waals surface area (Å²) in [6.07, 6.45) is 3.39. The van der Waals surface area contributed by atoms with Crippen LogP contribution in [0.2, 0.25) is 10.0 Å². The largest absolute Gasteiger partial charge is 0.480 e. The Bertz CT molecular complexity index is 919. The summed E-state index contributed by atoms with van der Waals surface area (Å²) in [6.45, 7) is 0. The molecule has 0 radical (unpaired) electrons. The Morgan fingerprint density at radius 3 is 2.62 bits per heavy atom. The van der Waals surface area contributed by atoms with Crippen molar-refractivity contribution in [2.45, 2.75) is 12.5 Å². The SMILES string of the molecule is N[C@@H](Cc1ccc(-c2c(Cl)cc(F)cc2Cl)c2nccn12)C(=O)O. The molecule has 5 nitrogen and oxygen atoms in total. The van der Waals surface area contributed by atoms with Gasteiger partial charge in [0.2, 0.25) is 0 Å². The van der Waals surface area contributed by atoms with Gasteiger partial charge in [-0.3, -0.25) is 4.79 Å². The quantitative estimate of drug-likeness (QED) is 0.740. The van der Waals surface area contributed by atoms with Crippen LogP contribution in [0.4, 0.5) is 4.39 Å². The van der Waals surface area contributed by atoms with Crippen molar-refractivity contribution in [2.24, 2.45) is 5.73 Å². The number of aromatic nitrogens is 2. The van der Waals surface area contributed by atoms with E-state index in [9.17, 15) is 9.18 Å². The molecule has 0 aliphatic carbocycles. The average Bonchev–Trinajstić information content (AvgIpc) is 2.98. The second kappa shape index (κ2) is 6.39. The number of carboxylic acids is 1. The highest BCUT2D eigenvalue weighted by Gasteiger charge is 2.18. The Morgan fingerprint density at radius 1 is 1.33 bits per heavy atom. The minimum atomic E-state index is -1.09. The van der Waals surface area contributed by atoms with E-state index in [0.717, 1.165) is 0 Å². The number of nitrogens with zero attached hydrogens (tertiary/aromatic N) is 2. The summed E-state index contributed by atoms with van der Waals surface area (Å²) in [7, 11) is 0. The summed E-state index contributed by atoms with van der Waals surface area (Å²) in [6, 6.07) is 4.77. The molecule has 8 heteroatoms. The first-order valence-electron chi connectivity index (χ1n) is 6.96. The minimum Gasteiger partial charge on any atom is -0.480 e. The summed E-state index contributed by atoms with van der Waals surface area (Å²) in [5.41, 5.74) is 7.89. The highest BCUT2D eigenvalue weighted by Crippen LogP contribution is 2.37. The molecule has 0 saturated heterocycles. The van der Waals surface area contributed by atoms with Gasteiger partial charge in [-0.05, 0) is 24.3 Å². The Hall–Kier alpha value is -2.15. The van der Waals surface area contributed by atoms with Crippen LogP contribution in [0.25, 0.3) is 16.8 Å². The number of rotatable bonds is 4. The first kappa shape index (κ1) is 16.7. The lowest BCUT2D eigenvalue weighted by Gasteiger charge is -2.13. The number of imidazole rings is 1. The second-order valence-corrected chi connectivity index (χ2v) is 6.07. The Labute approximate surface area is 146 Å². The van der Waals surface area contributed by atoms with E-state index in [2.05, 4.69) is 4.98 Å². The lowest BCUT2D eigenvalue weighted by molar-refractivity contribution is -0.138. The maximum atomic E-state index is 13.4. The van der Waals surface area contributed by atoms with Crippen LogP contribution < -0.4 is 5.73 Å². The summed E-state index contributed by atoms with van der Waals surface area (Å²) < 4.78 is 15.1. The fourth-order valence-corrected chi connectivity index (χ4v) is 3.21. The molecule has 2 heterocycles. The highest BCUT2D eigenvalue weighted by molar-refractivity contribution is 6.39.